The van der Waals surface area contributed by atoms with Crippen LogP contribution in [0.3, 0.4) is 0 Å². The van der Waals surface area contributed by atoms with E-state index in [1.54, 1.807) is 19.1 Å². The third kappa shape index (κ3) is 5.84. The maximum atomic E-state index is 12.1. The second-order valence-corrected chi connectivity index (χ2v) is 8.65. The topological polar surface area (TPSA) is 133 Å². The average Bonchev–Trinajstić information content (AvgIpc) is 3.33. The molecule has 1 atom stereocenters. The molecule has 0 saturated heterocycles. The van der Waals surface area contributed by atoms with Crippen LogP contribution in [0.25, 0.3) is 5.57 Å². The SMILES string of the molecule is COC(=O)OC1=C(C)NC(C)=C(c2nnc(CN(C)Cc3ccccc3)o2)C1c1cccc([N+](=O)[O-])c1. The number of ether oxygens (including phenoxy) is 2. The molecule has 0 bridgehead atoms. The smallest absolute Gasteiger partial charge is 0.437 e. The van der Waals surface area contributed by atoms with E-state index < -0.39 is 17.0 Å². The molecule has 0 amide bonds. The number of non-ortho nitro benzene ring substituents is 1. The highest BCUT2D eigenvalue weighted by Crippen LogP contribution is 2.44. The second-order valence-electron chi connectivity index (χ2n) is 8.65. The van der Waals surface area contributed by atoms with Gasteiger partial charge in [-0.15, -0.1) is 10.2 Å². The molecule has 11 nitrogen and oxygen atoms in total. The lowest BCUT2D eigenvalue weighted by Crippen LogP contribution is -2.26. The molecule has 1 aliphatic heterocycles. The number of hydrogen-bond acceptors (Lipinski definition) is 10. The molecule has 1 unspecified atom stereocenters. The lowest BCUT2D eigenvalue weighted by molar-refractivity contribution is -0.384. The average molecular weight is 506 g/mol. The lowest BCUT2D eigenvalue weighted by atomic mass is 9.84. The fourth-order valence-corrected chi connectivity index (χ4v) is 4.27. The summed E-state index contributed by atoms with van der Waals surface area (Å²) in [5.74, 6) is 0.0841. The summed E-state index contributed by atoms with van der Waals surface area (Å²) in [5.41, 5.74) is 3.33. The Kier molecular flexibility index (Phi) is 7.63. The minimum atomic E-state index is -0.917. The van der Waals surface area contributed by atoms with E-state index in [0.717, 1.165) is 5.56 Å². The molecule has 0 saturated carbocycles. The van der Waals surface area contributed by atoms with Crippen LogP contribution in [-0.4, -0.2) is 40.3 Å². The number of nitrogens with zero attached hydrogens (tertiary/aromatic N) is 4. The Morgan fingerprint density at radius 3 is 2.57 bits per heavy atom. The molecule has 4 rings (SSSR count). The number of benzene rings is 2. The summed E-state index contributed by atoms with van der Waals surface area (Å²) >= 11 is 0. The fraction of sp³-hybridized carbons (Fsp3) is 0.269. The quantitative estimate of drug-likeness (QED) is 0.260. The fourth-order valence-electron chi connectivity index (χ4n) is 4.27. The van der Waals surface area contributed by atoms with Gasteiger partial charge >= 0.3 is 6.16 Å². The Morgan fingerprint density at radius 1 is 1.11 bits per heavy atom. The first-order valence-corrected chi connectivity index (χ1v) is 11.5. The highest BCUT2D eigenvalue weighted by Gasteiger charge is 2.36. The Hall–Kier alpha value is -4.51. The van der Waals surface area contributed by atoms with E-state index >= 15 is 0 Å². The number of carbonyl (C=O) groups is 1. The van der Waals surface area contributed by atoms with Crippen LogP contribution in [0.5, 0.6) is 0 Å². The van der Waals surface area contributed by atoms with Crippen molar-refractivity contribution < 1.29 is 23.6 Å². The molecular weight excluding hydrogens is 478 g/mol. The summed E-state index contributed by atoms with van der Waals surface area (Å²) in [6.07, 6.45) is -0.917. The van der Waals surface area contributed by atoms with E-state index in [2.05, 4.69) is 15.5 Å². The Balaban J connectivity index is 1.69. The normalized spacial score (nSPS) is 15.5. The molecule has 37 heavy (non-hydrogen) atoms. The molecule has 1 aliphatic rings. The van der Waals surface area contributed by atoms with Gasteiger partial charge in [-0.1, -0.05) is 42.5 Å². The molecule has 1 aromatic heterocycles. The van der Waals surface area contributed by atoms with Gasteiger partial charge in [-0.25, -0.2) is 4.79 Å². The minimum Gasteiger partial charge on any atom is -0.437 e. The highest BCUT2D eigenvalue weighted by molar-refractivity contribution is 5.75. The summed E-state index contributed by atoms with van der Waals surface area (Å²) < 4.78 is 16.3. The van der Waals surface area contributed by atoms with E-state index in [4.69, 9.17) is 13.9 Å². The zero-order valence-corrected chi connectivity index (χ0v) is 20.9. The van der Waals surface area contributed by atoms with Crippen LogP contribution in [0.15, 0.2) is 76.2 Å². The van der Waals surface area contributed by atoms with Gasteiger partial charge in [0.05, 0.1) is 35.8 Å². The summed E-state index contributed by atoms with van der Waals surface area (Å²) in [7, 11) is 3.15. The van der Waals surface area contributed by atoms with Crippen molar-refractivity contribution >= 4 is 17.4 Å². The maximum absolute atomic E-state index is 12.1. The molecule has 2 heterocycles. The van der Waals surface area contributed by atoms with Crippen LogP contribution in [-0.2, 0) is 22.6 Å². The molecular formula is C26H27N5O6. The Morgan fingerprint density at radius 2 is 1.86 bits per heavy atom. The summed E-state index contributed by atoms with van der Waals surface area (Å²) in [4.78, 5) is 25.1. The Bertz CT molecular complexity index is 1360. The Labute approximate surface area is 213 Å². The molecule has 11 heteroatoms. The number of nitrogens with one attached hydrogen (secondary N) is 1. The number of methoxy groups -OCH3 is 1. The lowest BCUT2D eigenvalue weighted by Gasteiger charge is -2.29. The van der Waals surface area contributed by atoms with Crippen molar-refractivity contribution in [2.24, 2.45) is 0 Å². The predicted molar refractivity (Wildman–Crippen MR) is 134 cm³/mol. The van der Waals surface area contributed by atoms with Gasteiger partial charge < -0.3 is 19.2 Å². The predicted octanol–water partition coefficient (Wildman–Crippen LogP) is 4.74. The number of allylic oxidation sites excluding steroid dienone is 3. The van der Waals surface area contributed by atoms with E-state index in [9.17, 15) is 14.9 Å². The second kappa shape index (κ2) is 11.0. The highest BCUT2D eigenvalue weighted by atomic mass is 16.7. The van der Waals surface area contributed by atoms with Crippen LogP contribution in [0, 0.1) is 10.1 Å². The minimum absolute atomic E-state index is 0.100. The van der Waals surface area contributed by atoms with Gasteiger partial charge in [0.15, 0.2) is 0 Å². The number of nitro groups is 1. The molecule has 0 radical (unpaired) electrons. The number of carbonyl (C=O) groups excluding carboxylic acids is 1. The molecule has 0 aliphatic carbocycles. The zero-order valence-electron chi connectivity index (χ0n) is 20.9. The van der Waals surface area contributed by atoms with Crippen molar-refractivity contribution in [3.63, 3.8) is 0 Å². The summed E-state index contributed by atoms with van der Waals surface area (Å²) in [5, 5.41) is 23.2. The van der Waals surface area contributed by atoms with Gasteiger partial charge in [-0.2, -0.15) is 0 Å². The molecule has 2 aromatic carbocycles. The van der Waals surface area contributed by atoms with Gasteiger partial charge in [0.1, 0.15) is 5.76 Å². The van der Waals surface area contributed by atoms with Crippen molar-refractivity contribution in [1.29, 1.82) is 0 Å². The monoisotopic (exact) mass is 505 g/mol. The summed E-state index contributed by atoms with van der Waals surface area (Å²) in [6.45, 7) is 4.66. The van der Waals surface area contributed by atoms with Gasteiger partial charge in [0.2, 0.25) is 11.8 Å². The molecule has 0 fully saturated rings. The third-order valence-electron chi connectivity index (χ3n) is 5.87. The van der Waals surface area contributed by atoms with Gasteiger partial charge in [0.25, 0.3) is 5.69 Å². The van der Waals surface area contributed by atoms with Crippen LogP contribution >= 0.6 is 0 Å². The van der Waals surface area contributed by atoms with Crippen LogP contribution in [0.1, 0.15) is 42.7 Å². The van der Waals surface area contributed by atoms with E-state index in [1.807, 2.05) is 49.2 Å². The number of nitro benzene ring substituents is 1. The largest absolute Gasteiger partial charge is 0.513 e. The zero-order chi connectivity index (χ0) is 26.5. The van der Waals surface area contributed by atoms with Gasteiger partial charge in [0, 0.05) is 24.4 Å². The summed E-state index contributed by atoms with van der Waals surface area (Å²) in [6, 6.07) is 16.1. The maximum Gasteiger partial charge on any atom is 0.513 e. The number of hydrogen-bond donors (Lipinski definition) is 1. The number of dihydropyridines is 1. The first-order chi connectivity index (χ1) is 17.8. The van der Waals surface area contributed by atoms with E-state index in [1.165, 1.54) is 19.2 Å². The molecule has 192 valence electrons. The molecule has 0 spiro atoms. The molecule has 1 N–H and O–H groups in total. The van der Waals surface area contributed by atoms with Crippen molar-refractivity contribution in [3.05, 3.63) is 105 Å². The van der Waals surface area contributed by atoms with Crippen LogP contribution in [0.2, 0.25) is 0 Å². The van der Waals surface area contributed by atoms with Crippen molar-refractivity contribution in [2.75, 3.05) is 14.2 Å². The van der Waals surface area contributed by atoms with Crippen LogP contribution < -0.4 is 5.32 Å². The van der Waals surface area contributed by atoms with E-state index in [-0.39, 0.29) is 17.3 Å². The van der Waals surface area contributed by atoms with Crippen LogP contribution in [0.4, 0.5) is 10.5 Å². The first-order valence-electron chi connectivity index (χ1n) is 11.5. The standard InChI is InChI=1S/C26H27N5O6/c1-16-22(25-29-28-21(36-25)15-30(3)14-18-9-6-5-7-10-18)23(19-11-8-12-20(13-19)31(33)34)24(17(2)27-16)37-26(32)35-4/h5-13,23,27H,14-15H2,1-4H3. The van der Waals surface area contributed by atoms with E-state index in [0.29, 0.717) is 41.5 Å². The van der Waals surface area contributed by atoms with Gasteiger partial charge in [-0.3, -0.25) is 15.0 Å². The van der Waals surface area contributed by atoms with Gasteiger partial charge in [-0.05, 0) is 32.0 Å². The third-order valence-corrected chi connectivity index (χ3v) is 5.87. The number of aromatic nitrogens is 2. The van der Waals surface area contributed by atoms with Crippen molar-refractivity contribution in [1.82, 2.24) is 20.4 Å². The van der Waals surface area contributed by atoms with Crippen molar-refractivity contribution in [2.45, 2.75) is 32.9 Å². The molecule has 3 aromatic rings. The first kappa shape index (κ1) is 25.6. The van der Waals surface area contributed by atoms with Crippen molar-refractivity contribution in [3.8, 4) is 0 Å². The number of rotatable bonds is 8.